The molecule has 1 N–H and O–H groups in total. The molecule has 3 heteroatoms. The molecule has 1 saturated heterocycles. The summed E-state index contributed by atoms with van der Waals surface area (Å²) in [5, 5.41) is 3.37. The standard InChI is InChI=1S/C18H19F2N/c1-12-5-6-15(20)10-17(12)16-7-8-21-11-18(16)13-3-2-4-14(19)9-13/h2-6,9-10,16,18,21H,7-8,11H2,1H3. The van der Waals surface area contributed by atoms with Crippen molar-refractivity contribution in [3.63, 3.8) is 0 Å². The Morgan fingerprint density at radius 3 is 2.62 bits per heavy atom. The normalized spacial score (nSPS) is 22.2. The van der Waals surface area contributed by atoms with Crippen molar-refractivity contribution in [2.45, 2.75) is 25.2 Å². The zero-order chi connectivity index (χ0) is 14.8. The van der Waals surface area contributed by atoms with E-state index in [4.69, 9.17) is 0 Å². The molecule has 0 amide bonds. The SMILES string of the molecule is Cc1ccc(F)cc1C1CCNCC1c1cccc(F)c1. The molecule has 0 bridgehead atoms. The lowest BCUT2D eigenvalue weighted by Gasteiger charge is -2.34. The number of nitrogens with one attached hydrogen (secondary N) is 1. The van der Waals surface area contributed by atoms with Gasteiger partial charge in [0, 0.05) is 12.5 Å². The average molecular weight is 287 g/mol. The minimum atomic E-state index is -0.215. The van der Waals surface area contributed by atoms with Gasteiger partial charge >= 0.3 is 0 Å². The van der Waals surface area contributed by atoms with Crippen molar-refractivity contribution in [3.8, 4) is 0 Å². The Labute approximate surface area is 124 Å². The third-order valence-electron chi connectivity index (χ3n) is 4.40. The highest BCUT2D eigenvalue weighted by atomic mass is 19.1. The molecule has 2 atom stereocenters. The smallest absolute Gasteiger partial charge is 0.123 e. The van der Waals surface area contributed by atoms with Gasteiger partial charge in [0.2, 0.25) is 0 Å². The second kappa shape index (κ2) is 5.94. The first kappa shape index (κ1) is 14.2. The summed E-state index contributed by atoms with van der Waals surface area (Å²) in [5.74, 6) is -0.0152. The molecule has 1 fully saturated rings. The molecule has 110 valence electrons. The van der Waals surface area contributed by atoms with E-state index in [2.05, 4.69) is 5.32 Å². The Kier molecular flexibility index (Phi) is 4.02. The molecule has 21 heavy (non-hydrogen) atoms. The van der Waals surface area contributed by atoms with Crippen molar-refractivity contribution >= 4 is 0 Å². The Balaban J connectivity index is 2.00. The van der Waals surface area contributed by atoms with Gasteiger partial charge in [-0.1, -0.05) is 18.2 Å². The summed E-state index contributed by atoms with van der Waals surface area (Å²) in [6.07, 6.45) is 0.936. The van der Waals surface area contributed by atoms with Gasteiger partial charge in [-0.15, -0.1) is 0 Å². The third kappa shape index (κ3) is 2.98. The fourth-order valence-electron chi connectivity index (χ4n) is 3.33. The second-order valence-corrected chi connectivity index (χ2v) is 5.76. The van der Waals surface area contributed by atoms with E-state index >= 15 is 0 Å². The number of piperidine rings is 1. The maximum absolute atomic E-state index is 13.6. The van der Waals surface area contributed by atoms with Gasteiger partial charge in [0.05, 0.1) is 0 Å². The van der Waals surface area contributed by atoms with Crippen LogP contribution < -0.4 is 5.32 Å². The largest absolute Gasteiger partial charge is 0.316 e. The van der Waals surface area contributed by atoms with Gasteiger partial charge in [0.25, 0.3) is 0 Å². The average Bonchev–Trinajstić information content (AvgIpc) is 2.50. The lowest BCUT2D eigenvalue weighted by atomic mass is 9.76. The van der Waals surface area contributed by atoms with Crippen LogP contribution >= 0.6 is 0 Å². The molecule has 1 aliphatic rings. The minimum absolute atomic E-state index is 0.176. The molecular weight excluding hydrogens is 268 g/mol. The Morgan fingerprint density at radius 2 is 1.81 bits per heavy atom. The number of aryl methyl sites for hydroxylation is 1. The van der Waals surface area contributed by atoms with Crippen LogP contribution in [0.4, 0.5) is 8.78 Å². The monoisotopic (exact) mass is 287 g/mol. The molecule has 0 spiro atoms. The first-order valence-corrected chi connectivity index (χ1v) is 7.37. The maximum atomic E-state index is 13.6. The lowest BCUT2D eigenvalue weighted by molar-refractivity contribution is 0.400. The van der Waals surface area contributed by atoms with Crippen LogP contribution in [0.1, 0.15) is 34.9 Å². The number of hydrogen-bond donors (Lipinski definition) is 1. The predicted octanol–water partition coefficient (Wildman–Crippen LogP) is 4.13. The Hall–Kier alpha value is -1.74. The van der Waals surface area contributed by atoms with Crippen LogP contribution in [0.2, 0.25) is 0 Å². The first-order valence-electron chi connectivity index (χ1n) is 7.37. The Morgan fingerprint density at radius 1 is 1.00 bits per heavy atom. The second-order valence-electron chi connectivity index (χ2n) is 5.76. The molecule has 1 heterocycles. The molecule has 0 aliphatic carbocycles. The lowest BCUT2D eigenvalue weighted by Crippen LogP contribution is -2.34. The molecule has 1 aliphatic heterocycles. The topological polar surface area (TPSA) is 12.0 Å². The predicted molar refractivity (Wildman–Crippen MR) is 80.5 cm³/mol. The van der Waals surface area contributed by atoms with Crippen molar-refractivity contribution in [2.75, 3.05) is 13.1 Å². The van der Waals surface area contributed by atoms with E-state index < -0.39 is 0 Å². The quantitative estimate of drug-likeness (QED) is 0.875. The number of benzene rings is 2. The molecule has 0 radical (unpaired) electrons. The van der Waals surface area contributed by atoms with Crippen LogP contribution in [0.3, 0.4) is 0 Å². The van der Waals surface area contributed by atoms with E-state index in [-0.39, 0.29) is 23.5 Å². The van der Waals surface area contributed by atoms with E-state index in [1.807, 2.05) is 19.1 Å². The van der Waals surface area contributed by atoms with Crippen LogP contribution in [-0.4, -0.2) is 13.1 Å². The van der Waals surface area contributed by atoms with E-state index in [0.717, 1.165) is 36.2 Å². The summed E-state index contributed by atoms with van der Waals surface area (Å²) < 4.78 is 27.1. The highest BCUT2D eigenvalue weighted by Crippen LogP contribution is 2.39. The molecule has 2 aromatic rings. The first-order chi connectivity index (χ1) is 10.1. The summed E-state index contributed by atoms with van der Waals surface area (Å²) in [7, 11) is 0. The number of halogens is 2. The van der Waals surface area contributed by atoms with E-state index in [1.165, 1.54) is 12.1 Å². The summed E-state index contributed by atoms with van der Waals surface area (Å²) in [5.41, 5.74) is 3.13. The van der Waals surface area contributed by atoms with Crippen molar-refractivity contribution < 1.29 is 8.78 Å². The molecule has 2 aromatic carbocycles. The van der Waals surface area contributed by atoms with Crippen molar-refractivity contribution in [3.05, 3.63) is 70.8 Å². The van der Waals surface area contributed by atoms with Gasteiger partial charge in [-0.25, -0.2) is 8.78 Å². The van der Waals surface area contributed by atoms with Gasteiger partial charge in [-0.05, 0) is 66.8 Å². The fraction of sp³-hybridized carbons (Fsp3) is 0.333. The van der Waals surface area contributed by atoms with Crippen LogP contribution in [0.25, 0.3) is 0 Å². The van der Waals surface area contributed by atoms with E-state index in [0.29, 0.717) is 0 Å². The van der Waals surface area contributed by atoms with Gasteiger partial charge in [-0.3, -0.25) is 0 Å². The van der Waals surface area contributed by atoms with Gasteiger partial charge in [0.15, 0.2) is 0 Å². The van der Waals surface area contributed by atoms with Crippen LogP contribution in [0.5, 0.6) is 0 Å². The zero-order valence-electron chi connectivity index (χ0n) is 12.1. The molecule has 3 rings (SSSR count). The maximum Gasteiger partial charge on any atom is 0.123 e. The molecule has 1 nitrogen and oxygen atoms in total. The minimum Gasteiger partial charge on any atom is -0.316 e. The van der Waals surface area contributed by atoms with Crippen molar-refractivity contribution in [1.29, 1.82) is 0 Å². The molecule has 0 saturated carbocycles. The highest BCUT2D eigenvalue weighted by molar-refractivity contribution is 5.35. The molecule has 0 aromatic heterocycles. The summed E-state index contributed by atoms with van der Waals surface area (Å²) in [6.45, 7) is 3.72. The van der Waals surface area contributed by atoms with Crippen LogP contribution in [0.15, 0.2) is 42.5 Å². The highest BCUT2D eigenvalue weighted by Gasteiger charge is 2.29. The molecule has 2 unspecified atom stereocenters. The summed E-state index contributed by atoms with van der Waals surface area (Å²) in [4.78, 5) is 0. The third-order valence-corrected chi connectivity index (χ3v) is 4.40. The molecular formula is C18H19F2N. The summed E-state index contributed by atoms with van der Waals surface area (Å²) >= 11 is 0. The Bertz CT molecular complexity index is 639. The van der Waals surface area contributed by atoms with Gasteiger partial charge in [-0.2, -0.15) is 0 Å². The van der Waals surface area contributed by atoms with Crippen molar-refractivity contribution in [2.24, 2.45) is 0 Å². The van der Waals surface area contributed by atoms with Crippen LogP contribution in [-0.2, 0) is 0 Å². The fourth-order valence-corrected chi connectivity index (χ4v) is 3.33. The van der Waals surface area contributed by atoms with Crippen molar-refractivity contribution in [1.82, 2.24) is 5.32 Å². The zero-order valence-corrected chi connectivity index (χ0v) is 12.1. The van der Waals surface area contributed by atoms with Gasteiger partial charge in [0.1, 0.15) is 11.6 Å². The number of hydrogen-bond acceptors (Lipinski definition) is 1. The van der Waals surface area contributed by atoms with Crippen LogP contribution in [0, 0.1) is 18.6 Å². The van der Waals surface area contributed by atoms with E-state index in [9.17, 15) is 8.78 Å². The van der Waals surface area contributed by atoms with Gasteiger partial charge < -0.3 is 5.32 Å². The number of rotatable bonds is 2. The van der Waals surface area contributed by atoms with E-state index in [1.54, 1.807) is 18.2 Å². The summed E-state index contributed by atoms with van der Waals surface area (Å²) in [6, 6.07) is 11.7.